The third-order valence-corrected chi connectivity index (χ3v) is 10.2. The van der Waals surface area contributed by atoms with Crippen LogP contribution in [0.2, 0.25) is 0 Å². The Hall–Kier alpha value is -2.34. The lowest BCUT2D eigenvalue weighted by Crippen LogP contribution is -2.58. The molecule has 3 rings (SSSR count). The number of cyclic esters (lactones) is 1. The molecule has 0 unspecified atom stereocenters. The molecule has 44 heavy (non-hydrogen) atoms. The van der Waals surface area contributed by atoms with E-state index in [2.05, 4.69) is 11.9 Å². The van der Waals surface area contributed by atoms with Crippen molar-refractivity contribution in [3.05, 3.63) is 12.7 Å². The van der Waals surface area contributed by atoms with Gasteiger partial charge in [0.2, 0.25) is 0 Å². The first-order valence-electron chi connectivity index (χ1n) is 16.0. The lowest BCUT2D eigenvalue weighted by Gasteiger charge is -2.47. The fourth-order valence-electron chi connectivity index (χ4n) is 7.70. The zero-order chi connectivity index (χ0) is 33.3. The first kappa shape index (κ1) is 36.1. The smallest absolute Gasteiger partial charge is 0.408 e. The summed E-state index contributed by atoms with van der Waals surface area (Å²) in [5.74, 6) is -4.45. The predicted molar refractivity (Wildman–Crippen MR) is 163 cm³/mol. The van der Waals surface area contributed by atoms with Gasteiger partial charge in [0.1, 0.15) is 23.9 Å². The Balaban J connectivity index is 2.12. The lowest BCUT2D eigenvalue weighted by atomic mass is 9.67. The highest BCUT2D eigenvalue weighted by Gasteiger charge is 2.57. The van der Waals surface area contributed by atoms with E-state index in [1.54, 1.807) is 33.8 Å². The van der Waals surface area contributed by atoms with Crippen LogP contribution in [-0.2, 0) is 33.3 Å². The Labute approximate surface area is 262 Å². The Kier molecular flexibility index (Phi) is 11.5. The van der Waals surface area contributed by atoms with Crippen molar-refractivity contribution in [1.29, 1.82) is 0 Å². The van der Waals surface area contributed by atoms with E-state index < -0.39 is 83.2 Å². The minimum atomic E-state index is -1.32. The summed E-state index contributed by atoms with van der Waals surface area (Å²) in [5, 5.41) is 14.1. The summed E-state index contributed by atoms with van der Waals surface area (Å²) in [6.07, 6.45) is -1.38. The van der Waals surface area contributed by atoms with Gasteiger partial charge in [-0.2, -0.15) is 0 Å². The number of allylic oxidation sites excluding steroid dienone is 1. The molecule has 0 aliphatic carbocycles. The number of ether oxygens (including phenoxy) is 4. The van der Waals surface area contributed by atoms with Crippen molar-refractivity contribution in [3.8, 4) is 0 Å². The number of carbonyl (C=O) groups excluding carboxylic acids is 4. The van der Waals surface area contributed by atoms with E-state index in [1.807, 2.05) is 39.8 Å². The molecule has 3 saturated heterocycles. The summed E-state index contributed by atoms with van der Waals surface area (Å²) in [5.41, 5.74) is -2.15. The van der Waals surface area contributed by atoms with Crippen LogP contribution in [0.3, 0.4) is 0 Å². The molecule has 11 nitrogen and oxygen atoms in total. The van der Waals surface area contributed by atoms with E-state index in [4.69, 9.17) is 18.9 Å². The van der Waals surface area contributed by atoms with E-state index in [-0.39, 0.29) is 17.9 Å². The van der Waals surface area contributed by atoms with E-state index in [9.17, 15) is 24.3 Å². The van der Waals surface area contributed by atoms with Crippen LogP contribution in [0, 0.1) is 29.1 Å². The molecule has 0 spiro atoms. The predicted octanol–water partition coefficient (Wildman–Crippen LogP) is 3.66. The summed E-state index contributed by atoms with van der Waals surface area (Å²) in [6.45, 7) is 18.1. The number of aliphatic hydroxyl groups excluding tert-OH is 1. The van der Waals surface area contributed by atoms with E-state index >= 15 is 0 Å². The molecule has 0 radical (unpaired) electrons. The van der Waals surface area contributed by atoms with Crippen molar-refractivity contribution in [1.82, 2.24) is 10.2 Å². The second-order valence-electron chi connectivity index (χ2n) is 14.0. The van der Waals surface area contributed by atoms with Gasteiger partial charge in [-0.15, -0.1) is 6.58 Å². The van der Waals surface area contributed by atoms with Gasteiger partial charge in [0, 0.05) is 23.8 Å². The number of aliphatic hydroxyl groups is 1. The summed E-state index contributed by atoms with van der Waals surface area (Å²) in [7, 11) is 3.76. The summed E-state index contributed by atoms with van der Waals surface area (Å²) < 4.78 is 24.3. The molecule has 3 fully saturated rings. The summed E-state index contributed by atoms with van der Waals surface area (Å²) in [6, 6.07) is -0.998. The third kappa shape index (κ3) is 7.06. The normalized spacial score (nSPS) is 44.3. The molecule has 0 aromatic rings. The van der Waals surface area contributed by atoms with Crippen LogP contribution in [0.5, 0.6) is 0 Å². The number of nitrogens with zero attached hydrogens (tertiary/aromatic N) is 1. The van der Waals surface area contributed by atoms with E-state index in [0.29, 0.717) is 25.7 Å². The maximum absolute atomic E-state index is 14.1. The number of alkyl carbamates (subject to hydrolysis) is 1. The molecule has 0 aromatic heterocycles. The third-order valence-electron chi connectivity index (χ3n) is 10.2. The maximum atomic E-state index is 14.1. The highest BCUT2D eigenvalue weighted by molar-refractivity contribution is 6.00. The van der Waals surface area contributed by atoms with Gasteiger partial charge >= 0.3 is 12.1 Å². The highest BCUT2D eigenvalue weighted by Crippen LogP contribution is 2.44. The number of Topliss-reactive ketones (excluding diaryl/α,β-unsaturated/α-hetero) is 2. The number of likely N-dealkylation sites (N-methyl/N-ethyl adjacent to an activating group) is 1. The molecule has 1 amide bonds. The molecule has 13 atom stereocenters. The molecule has 3 heterocycles. The van der Waals surface area contributed by atoms with Crippen molar-refractivity contribution in [2.24, 2.45) is 29.1 Å². The quantitative estimate of drug-likeness (QED) is 0.256. The Morgan fingerprint density at radius 2 is 1.70 bits per heavy atom. The van der Waals surface area contributed by atoms with E-state index in [0.717, 1.165) is 0 Å². The van der Waals surface area contributed by atoms with Crippen LogP contribution in [0.15, 0.2) is 12.7 Å². The largest absolute Gasteiger partial charge is 0.458 e. The lowest BCUT2D eigenvalue weighted by molar-refractivity contribution is -0.286. The molecule has 2 N–H and O–H groups in total. The molecule has 0 aromatic carbocycles. The Bertz CT molecular complexity index is 1100. The monoisotopic (exact) mass is 622 g/mol. The molecule has 250 valence electrons. The minimum Gasteiger partial charge on any atom is -0.458 e. The number of hydrogen-bond donors (Lipinski definition) is 2. The number of hydrogen-bond acceptors (Lipinski definition) is 10. The number of rotatable bonds is 6. The average molecular weight is 623 g/mol. The van der Waals surface area contributed by atoms with Crippen molar-refractivity contribution >= 4 is 23.6 Å². The maximum Gasteiger partial charge on any atom is 0.408 e. The fraction of sp³-hybridized carbons (Fsp3) is 0.818. The van der Waals surface area contributed by atoms with Crippen LogP contribution in [0.1, 0.15) is 81.1 Å². The van der Waals surface area contributed by atoms with Crippen LogP contribution in [-0.4, -0.2) is 96.1 Å². The van der Waals surface area contributed by atoms with Crippen LogP contribution in [0.4, 0.5) is 4.79 Å². The number of nitrogens with one attached hydrogen (secondary N) is 1. The number of carbonyl (C=O) groups is 4. The van der Waals surface area contributed by atoms with Gasteiger partial charge in [-0.1, -0.05) is 40.7 Å². The molecule has 3 aliphatic heterocycles. The van der Waals surface area contributed by atoms with Crippen LogP contribution in [0.25, 0.3) is 0 Å². The first-order chi connectivity index (χ1) is 20.4. The zero-order valence-electron chi connectivity index (χ0n) is 28.1. The van der Waals surface area contributed by atoms with E-state index in [1.165, 1.54) is 6.92 Å². The van der Waals surface area contributed by atoms with Gasteiger partial charge in [0.05, 0.1) is 18.2 Å². The van der Waals surface area contributed by atoms with Crippen molar-refractivity contribution in [2.75, 3.05) is 14.1 Å². The number of fused-ring (bicyclic) bond motifs is 1. The standard InChI is InChI=1S/C33H54N2O9/c1-12-14-32(8)16-17(3)24(36)19(5)27-33(9,44-31(40)34-27)23(13-2)42-29(39)21(7)25(37)20(6)28(32)43-30-26(38)22(35(10)11)15-18(4)41-30/h12,17-23,26-28,30,38H,1,13-16H2,2-11H3,(H,34,40)/t17-,18-,19-,20+,21-,22+,23+,26-,27-,28-,30+,32+,33-/m1/s1. The van der Waals surface area contributed by atoms with Gasteiger partial charge in [-0.25, -0.2) is 4.79 Å². The average Bonchev–Trinajstić information content (AvgIpc) is 3.27. The minimum absolute atomic E-state index is 0.109. The van der Waals surface area contributed by atoms with Crippen molar-refractivity contribution in [3.63, 3.8) is 0 Å². The second kappa shape index (κ2) is 14.0. The molecular formula is C33H54N2O9. The number of esters is 1. The van der Waals surface area contributed by atoms with Gasteiger partial charge < -0.3 is 34.3 Å². The highest BCUT2D eigenvalue weighted by atomic mass is 16.7. The molecule has 0 saturated carbocycles. The Morgan fingerprint density at radius 1 is 1.07 bits per heavy atom. The van der Waals surface area contributed by atoms with Crippen molar-refractivity contribution in [2.45, 2.75) is 129 Å². The molecular weight excluding hydrogens is 568 g/mol. The van der Waals surface area contributed by atoms with Gasteiger partial charge in [-0.05, 0) is 66.0 Å². The second-order valence-corrected chi connectivity index (χ2v) is 14.0. The van der Waals surface area contributed by atoms with Crippen molar-refractivity contribution < 1.29 is 43.2 Å². The van der Waals surface area contributed by atoms with Crippen LogP contribution >= 0.6 is 0 Å². The van der Waals surface area contributed by atoms with Gasteiger partial charge in [0.15, 0.2) is 17.7 Å². The molecule has 3 aliphatic rings. The topological polar surface area (TPSA) is 141 Å². The molecule has 11 heteroatoms. The molecule has 0 bridgehead atoms. The Morgan fingerprint density at radius 3 is 2.27 bits per heavy atom. The number of ketones is 2. The first-order valence-corrected chi connectivity index (χ1v) is 16.0. The SMILES string of the molecule is C=CC[C@@]1(C)C[C@@H](C)C(=O)[C@@H](C)[C@H]2NC(=O)O[C@]2(C)[C@H](CC)OC(=O)[C@H](C)C(=O)[C@H](C)[C@H]1O[C@@H]1O[C@H](C)C[C@H](N(C)C)[C@H]1O. The zero-order valence-corrected chi connectivity index (χ0v) is 28.1. The van der Waals surface area contributed by atoms with Gasteiger partial charge in [0.25, 0.3) is 0 Å². The summed E-state index contributed by atoms with van der Waals surface area (Å²) >= 11 is 0. The fourth-order valence-corrected chi connectivity index (χ4v) is 7.70. The summed E-state index contributed by atoms with van der Waals surface area (Å²) in [4.78, 5) is 56.1. The van der Waals surface area contributed by atoms with Crippen LogP contribution < -0.4 is 5.32 Å². The van der Waals surface area contributed by atoms with Gasteiger partial charge in [-0.3, -0.25) is 14.4 Å². The number of amides is 1.